The number of carbonyl (C=O) groups excluding carboxylic acids is 1. The second kappa shape index (κ2) is 7.86. The standard InChI is InChI=1S/C16H25N3O2/c1-3-21-15-11-13(9-10-17-15)12-18-16(20)19(2)14-7-5-4-6-8-14/h9-11,14H,3-8,12H2,1-2H3,(H,18,20). The number of urea groups is 1. The van der Waals surface area contributed by atoms with E-state index in [4.69, 9.17) is 4.74 Å². The first-order chi connectivity index (χ1) is 10.2. The van der Waals surface area contributed by atoms with Crippen molar-refractivity contribution >= 4 is 6.03 Å². The summed E-state index contributed by atoms with van der Waals surface area (Å²) in [6.07, 6.45) is 7.69. The zero-order valence-corrected chi connectivity index (χ0v) is 13.0. The van der Waals surface area contributed by atoms with E-state index in [2.05, 4.69) is 10.3 Å². The summed E-state index contributed by atoms with van der Waals surface area (Å²) in [4.78, 5) is 18.2. The maximum absolute atomic E-state index is 12.2. The van der Waals surface area contributed by atoms with Crippen LogP contribution in [0.2, 0.25) is 0 Å². The third-order valence-electron chi connectivity index (χ3n) is 3.98. The van der Waals surface area contributed by atoms with Gasteiger partial charge in [0.2, 0.25) is 5.88 Å². The minimum Gasteiger partial charge on any atom is -0.478 e. The molecule has 1 N–H and O–H groups in total. The molecule has 0 unspecified atom stereocenters. The predicted molar refractivity (Wildman–Crippen MR) is 82.3 cm³/mol. The van der Waals surface area contributed by atoms with Gasteiger partial charge in [0.15, 0.2) is 0 Å². The molecule has 1 aromatic rings. The number of rotatable bonds is 5. The lowest BCUT2D eigenvalue weighted by Crippen LogP contribution is -2.44. The Labute approximate surface area is 126 Å². The minimum atomic E-state index is -0.00308. The van der Waals surface area contributed by atoms with E-state index >= 15 is 0 Å². The number of nitrogens with one attached hydrogen (secondary N) is 1. The fourth-order valence-electron chi connectivity index (χ4n) is 2.72. The molecule has 0 atom stereocenters. The molecule has 116 valence electrons. The Hall–Kier alpha value is -1.78. The Bertz CT molecular complexity index is 459. The zero-order valence-electron chi connectivity index (χ0n) is 13.0. The quantitative estimate of drug-likeness (QED) is 0.907. The Morgan fingerprint density at radius 3 is 2.90 bits per heavy atom. The highest BCUT2D eigenvalue weighted by atomic mass is 16.5. The van der Waals surface area contributed by atoms with Crippen LogP contribution in [-0.2, 0) is 6.54 Å². The number of amides is 2. The smallest absolute Gasteiger partial charge is 0.317 e. The average molecular weight is 291 g/mol. The van der Waals surface area contributed by atoms with Crippen LogP contribution in [0.1, 0.15) is 44.6 Å². The predicted octanol–water partition coefficient (Wildman–Crippen LogP) is 2.95. The van der Waals surface area contributed by atoms with E-state index in [0.717, 1.165) is 18.4 Å². The van der Waals surface area contributed by atoms with Gasteiger partial charge in [-0.1, -0.05) is 19.3 Å². The first-order valence-electron chi connectivity index (χ1n) is 7.79. The van der Waals surface area contributed by atoms with Gasteiger partial charge in [-0.25, -0.2) is 9.78 Å². The molecule has 2 amide bonds. The lowest BCUT2D eigenvalue weighted by molar-refractivity contribution is 0.173. The lowest BCUT2D eigenvalue weighted by Gasteiger charge is -2.31. The molecule has 1 aliphatic rings. The van der Waals surface area contributed by atoms with Crippen molar-refractivity contribution in [1.29, 1.82) is 0 Å². The van der Waals surface area contributed by atoms with Gasteiger partial charge in [0.25, 0.3) is 0 Å². The van der Waals surface area contributed by atoms with E-state index in [1.165, 1.54) is 19.3 Å². The van der Waals surface area contributed by atoms with Crippen molar-refractivity contribution in [1.82, 2.24) is 15.2 Å². The molecule has 5 heteroatoms. The molecule has 0 aromatic carbocycles. The number of pyridine rings is 1. The molecule has 0 saturated heterocycles. The Morgan fingerprint density at radius 2 is 2.19 bits per heavy atom. The molecule has 1 saturated carbocycles. The maximum atomic E-state index is 12.2. The number of nitrogens with zero attached hydrogens (tertiary/aromatic N) is 2. The summed E-state index contributed by atoms with van der Waals surface area (Å²) in [7, 11) is 1.89. The Kier molecular flexibility index (Phi) is 5.84. The Morgan fingerprint density at radius 1 is 1.43 bits per heavy atom. The molecule has 2 rings (SSSR count). The van der Waals surface area contributed by atoms with Crippen molar-refractivity contribution in [3.8, 4) is 5.88 Å². The molecule has 0 bridgehead atoms. The maximum Gasteiger partial charge on any atom is 0.317 e. The molecule has 5 nitrogen and oxygen atoms in total. The summed E-state index contributed by atoms with van der Waals surface area (Å²) >= 11 is 0. The van der Waals surface area contributed by atoms with Crippen LogP contribution in [0.5, 0.6) is 5.88 Å². The third-order valence-corrected chi connectivity index (χ3v) is 3.98. The van der Waals surface area contributed by atoms with Gasteiger partial charge in [-0.2, -0.15) is 0 Å². The fourth-order valence-corrected chi connectivity index (χ4v) is 2.72. The molecule has 1 heterocycles. The summed E-state index contributed by atoms with van der Waals surface area (Å²) < 4.78 is 5.36. The SMILES string of the molecule is CCOc1cc(CNC(=O)N(C)C2CCCCC2)ccn1. The molecule has 0 radical (unpaired) electrons. The van der Waals surface area contributed by atoms with Crippen molar-refractivity contribution in [3.05, 3.63) is 23.9 Å². The van der Waals surface area contributed by atoms with Gasteiger partial charge in [-0.05, 0) is 31.4 Å². The van der Waals surface area contributed by atoms with E-state index in [1.807, 2.05) is 31.0 Å². The summed E-state index contributed by atoms with van der Waals surface area (Å²) in [6, 6.07) is 4.14. The minimum absolute atomic E-state index is 0.00308. The van der Waals surface area contributed by atoms with Crippen molar-refractivity contribution < 1.29 is 9.53 Å². The van der Waals surface area contributed by atoms with E-state index < -0.39 is 0 Å². The van der Waals surface area contributed by atoms with Crippen LogP contribution in [-0.4, -0.2) is 35.6 Å². The monoisotopic (exact) mass is 291 g/mol. The summed E-state index contributed by atoms with van der Waals surface area (Å²) in [6.45, 7) is 3.01. The third kappa shape index (κ3) is 4.62. The van der Waals surface area contributed by atoms with Gasteiger partial charge in [-0.15, -0.1) is 0 Å². The molecule has 1 aromatic heterocycles. The summed E-state index contributed by atoms with van der Waals surface area (Å²) in [5.74, 6) is 0.602. The first-order valence-corrected chi connectivity index (χ1v) is 7.79. The van der Waals surface area contributed by atoms with Gasteiger partial charge in [-0.3, -0.25) is 0 Å². The highest BCUT2D eigenvalue weighted by Gasteiger charge is 2.21. The first kappa shape index (κ1) is 15.6. The van der Waals surface area contributed by atoms with Crippen molar-refractivity contribution in [2.45, 2.75) is 51.6 Å². The molecule has 1 fully saturated rings. The van der Waals surface area contributed by atoms with E-state index in [-0.39, 0.29) is 6.03 Å². The second-order valence-corrected chi connectivity index (χ2v) is 5.50. The largest absolute Gasteiger partial charge is 0.478 e. The fraction of sp³-hybridized carbons (Fsp3) is 0.625. The summed E-state index contributed by atoms with van der Waals surface area (Å²) in [5, 5.41) is 2.97. The summed E-state index contributed by atoms with van der Waals surface area (Å²) in [5.41, 5.74) is 0.999. The van der Waals surface area contributed by atoms with Gasteiger partial charge in [0.05, 0.1) is 6.61 Å². The molecule has 21 heavy (non-hydrogen) atoms. The van der Waals surface area contributed by atoms with E-state index in [9.17, 15) is 4.79 Å². The van der Waals surface area contributed by atoms with Crippen LogP contribution < -0.4 is 10.1 Å². The number of hydrogen-bond acceptors (Lipinski definition) is 3. The van der Waals surface area contributed by atoms with Crippen molar-refractivity contribution in [2.24, 2.45) is 0 Å². The highest BCUT2D eigenvalue weighted by molar-refractivity contribution is 5.74. The lowest BCUT2D eigenvalue weighted by atomic mass is 9.95. The van der Waals surface area contributed by atoms with Crippen LogP contribution in [0.3, 0.4) is 0 Å². The van der Waals surface area contributed by atoms with Crippen LogP contribution >= 0.6 is 0 Å². The molecular formula is C16H25N3O2. The van der Waals surface area contributed by atoms with Gasteiger partial charge in [0.1, 0.15) is 0 Å². The zero-order chi connectivity index (χ0) is 15.1. The second-order valence-electron chi connectivity index (χ2n) is 5.50. The van der Waals surface area contributed by atoms with Crippen molar-refractivity contribution in [3.63, 3.8) is 0 Å². The molecule has 0 spiro atoms. The molecular weight excluding hydrogens is 266 g/mol. The number of hydrogen-bond donors (Lipinski definition) is 1. The molecule has 1 aliphatic carbocycles. The van der Waals surface area contributed by atoms with Crippen LogP contribution in [0.4, 0.5) is 4.79 Å². The van der Waals surface area contributed by atoms with Crippen molar-refractivity contribution in [2.75, 3.05) is 13.7 Å². The van der Waals surface area contributed by atoms with Gasteiger partial charge >= 0.3 is 6.03 Å². The highest BCUT2D eigenvalue weighted by Crippen LogP contribution is 2.21. The van der Waals surface area contributed by atoms with Crippen LogP contribution in [0.25, 0.3) is 0 Å². The topological polar surface area (TPSA) is 54.5 Å². The molecule has 0 aliphatic heterocycles. The average Bonchev–Trinajstić information content (AvgIpc) is 2.53. The normalized spacial score (nSPS) is 15.5. The Balaban J connectivity index is 1.83. The number of aromatic nitrogens is 1. The van der Waals surface area contributed by atoms with Crippen LogP contribution in [0, 0.1) is 0 Å². The van der Waals surface area contributed by atoms with Crippen LogP contribution in [0.15, 0.2) is 18.3 Å². The van der Waals surface area contributed by atoms with E-state index in [0.29, 0.717) is 25.1 Å². The van der Waals surface area contributed by atoms with Gasteiger partial charge < -0.3 is 15.0 Å². The van der Waals surface area contributed by atoms with Gasteiger partial charge in [0, 0.05) is 31.9 Å². The number of ether oxygens (including phenoxy) is 1. The number of carbonyl (C=O) groups is 1. The van der Waals surface area contributed by atoms with E-state index in [1.54, 1.807) is 6.20 Å².